The summed E-state index contributed by atoms with van der Waals surface area (Å²) in [7, 11) is 0. The van der Waals surface area contributed by atoms with Gasteiger partial charge in [-0.1, -0.05) is 33.1 Å². The number of nitrogens with two attached hydrogens (primary N) is 1. The van der Waals surface area contributed by atoms with E-state index in [1.807, 2.05) is 0 Å². The third-order valence-electron chi connectivity index (χ3n) is 3.41. The Kier molecular flexibility index (Phi) is 5.81. The third-order valence-corrected chi connectivity index (χ3v) is 3.41. The molecule has 0 spiro atoms. The first kappa shape index (κ1) is 13.5. The summed E-state index contributed by atoms with van der Waals surface area (Å²) in [6.07, 6.45) is 6.71. The molecule has 0 bridgehead atoms. The standard InChI is InChI=1S/C13H26N2O/c1-10(2)8-12(9-14)15-13(16)7-6-11-4-3-5-11/h10-12H,3-9,14H2,1-2H3,(H,15,16). The van der Waals surface area contributed by atoms with Crippen LogP contribution in [0.3, 0.4) is 0 Å². The highest BCUT2D eigenvalue weighted by Crippen LogP contribution is 2.30. The predicted octanol–water partition coefficient (Wildman–Crippen LogP) is 2.06. The molecule has 0 aromatic carbocycles. The lowest BCUT2D eigenvalue weighted by Crippen LogP contribution is -2.41. The van der Waals surface area contributed by atoms with Gasteiger partial charge in [-0.2, -0.15) is 0 Å². The zero-order valence-electron chi connectivity index (χ0n) is 10.7. The minimum absolute atomic E-state index is 0.161. The van der Waals surface area contributed by atoms with Crippen LogP contribution in [0, 0.1) is 11.8 Å². The molecule has 1 aliphatic carbocycles. The molecule has 1 unspecified atom stereocenters. The van der Waals surface area contributed by atoms with E-state index in [0.29, 0.717) is 18.9 Å². The summed E-state index contributed by atoms with van der Waals surface area (Å²) in [5.41, 5.74) is 5.65. The van der Waals surface area contributed by atoms with Gasteiger partial charge in [-0.3, -0.25) is 4.79 Å². The molecule has 0 aliphatic heterocycles. The summed E-state index contributed by atoms with van der Waals surface area (Å²) in [5.74, 6) is 1.58. The Morgan fingerprint density at radius 2 is 2.12 bits per heavy atom. The lowest BCUT2D eigenvalue weighted by atomic mass is 9.82. The zero-order chi connectivity index (χ0) is 12.0. The maximum atomic E-state index is 11.7. The fourth-order valence-electron chi connectivity index (χ4n) is 2.20. The summed E-state index contributed by atoms with van der Waals surface area (Å²) in [6.45, 7) is 4.86. The lowest BCUT2D eigenvalue weighted by molar-refractivity contribution is -0.122. The number of rotatable bonds is 7. The number of nitrogens with one attached hydrogen (secondary N) is 1. The monoisotopic (exact) mass is 226 g/mol. The second kappa shape index (κ2) is 6.89. The maximum Gasteiger partial charge on any atom is 0.220 e. The van der Waals surface area contributed by atoms with Gasteiger partial charge < -0.3 is 11.1 Å². The van der Waals surface area contributed by atoms with Crippen LogP contribution in [0.15, 0.2) is 0 Å². The molecule has 0 radical (unpaired) electrons. The van der Waals surface area contributed by atoms with E-state index in [9.17, 15) is 4.79 Å². The van der Waals surface area contributed by atoms with Crippen LogP contribution < -0.4 is 11.1 Å². The quantitative estimate of drug-likeness (QED) is 0.698. The molecule has 1 atom stereocenters. The summed E-state index contributed by atoms with van der Waals surface area (Å²) >= 11 is 0. The van der Waals surface area contributed by atoms with Crippen LogP contribution in [0.2, 0.25) is 0 Å². The van der Waals surface area contributed by atoms with E-state index in [0.717, 1.165) is 18.8 Å². The van der Waals surface area contributed by atoms with Gasteiger partial charge in [-0.05, 0) is 24.7 Å². The van der Waals surface area contributed by atoms with Crippen LogP contribution in [-0.2, 0) is 4.79 Å². The first-order valence-electron chi connectivity index (χ1n) is 6.61. The molecule has 94 valence electrons. The van der Waals surface area contributed by atoms with E-state index < -0.39 is 0 Å². The molecule has 1 amide bonds. The molecule has 3 nitrogen and oxygen atoms in total. The second-order valence-corrected chi connectivity index (χ2v) is 5.47. The van der Waals surface area contributed by atoms with Crippen molar-refractivity contribution in [2.75, 3.05) is 6.54 Å². The Bertz CT molecular complexity index is 212. The number of hydrogen-bond acceptors (Lipinski definition) is 2. The van der Waals surface area contributed by atoms with E-state index in [4.69, 9.17) is 5.73 Å². The van der Waals surface area contributed by atoms with Gasteiger partial charge in [-0.15, -0.1) is 0 Å². The molecule has 3 heteroatoms. The molecule has 1 rings (SSSR count). The summed E-state index contributed by atoms with van der Waals surface area (Å²) in [4.78, 5) is 11.7. The average Bonchev–Trinajstić information content (AvgIpc) is 2.13. The number of carbonyl (C=O) groups excluding carboxylic acids is 1. The van der Waals surface area contributed by atoms with Crippen LogP contribution in [-0.4, -0.2) is 18.5 Å². The highest BCUT2D eigenvalue weighted by atomic mass is 16.1. The van der Waals surface area contributed by atoms with Crippen LogP contribution in [0.1, 0.15) is 52.4 Å². The largest absolute Gasteiger partial charge is 0.352 e. The van der Waals surface area contributed by atoms with Crippen LogP contribution >= 0.6 is 0 Å². The predicted molar refractivity (Wildman–Crippen MR) is 67.0 cm³/mol. The summed E-state index contributed by atoms with van der Waals surface area (Å²) in [6, 6.07) is 0.161. The Labute approximate surface area is 99.2 Å². The molecular weight excluding hydrogens is 200 g/mol. The molecule has 0 heterocycles. The Balaban J connectivity index is 2.14. The van der Waals surface area contributed by atoms with E-state index in [2.05, 4.69) is 19.2 Å². The molecule has 0 saturated heterocycles. The summed E-state index contributed by atoms with van der Waals surface area (Å²) < 4.78 is 0. The second-order valence-electron chi connectivity index (χ2n) is 5.47. The molecule has 0 aromatic heterocycles. The zero-order valence-corrected chi connectivity index (χ0v) is 10.7. The van der Waals surface area contributed by atoms with Gasteiger partial charge in [0.15, 0.2) is 0 Å². The Morgan fingerprint density at radius 3 is 2.56 bits per heavy atom. The fraction of sp³-hybridized carbons (Fsp3) is 0.923. The number of carbonyl (C=O) groups is 1. The van der Waals surface area contributed by atoms with Gasteiger partial charge in [0.05, 0.1) is 0 Å². The molecule has 1 saturated carbocycles. The Hall–Kier alpha value is -0.570. The highest BCUT2D eigenvalue weighted by Gasteiger charge is 2.19. The van der Waals surface area contributed by atoms with E-state index in [1.54, 1.807) is 0 Å². The molecule has 1 aliphatic rings. The van der Waals surface area contributed by atoms with E-state index in [1.165, 1.54) is 19.3 Å². The van der Waals surface area contributed by atoms with E-state index in [-0.39, 0.29) is 11.9 Å². The van der Waals surface area contributed by atoms with Gasteiger partial charge in [0, 0.05) is 19.0 Å². The van der Waals surface area contributed by atoms with Crippen molar-refractivity contribution in [3.8, 4) is 0 Å². The van der Waals surface area contributed by atoms with Gasteiger partial charge in [-0.25, -0.2) is 0 Å². The van der Waals surface area contributed by atoms with Crippen molar-refractivity contribution in [3.63, 3.8) is 0 Å². The Morgan fingerprint density at radius 1 is 1.44 bits per heavy atom. The maximum absolute atomic E-state index is 11.7. The van der Waals surface area contributed by atoms with Gasteiger partial charge in [0.1, 0.15) is 0 Å². The first-order chi connectivity index (χ1) is 7.61. The first-order valence-corrected chi connectivity index (χ1v) is 6.61. The topological polar surface area (TPSA) is 55.1 Å². The molecule has 1 fully saturated rings. The SMILES string of the molecule is CC(C)CC(CN)NC(=O)CCC1CCC1. The van der Waals surface area contributed by atoms with Crippen LogP contribution in [0.5, 0.6) is 0 Å². The van der Waals surface area contributed by atoms with Crippen molar-refractivity contribution in [2.45, 2.75) is 58.4 Å². The minimum Gasteiger partial charge on any atom is -0.352 e. The molecule has 3 N–H and O–H groups in total. The van der Waals surface area contributed by atoms with Crippen molar-refractivity contribution >= 4 is 5.91 Å². The van der Waals surface area contributed by atoms with E-state index >= 15 is 0 Å². The van der Waals surface area contributed by atoms with Crippen LogP contribution in [0.25, 0.3) is 0 Å². The molecule has 16 heavy (non-hydrogen) atoms. The van der Waals surface area contributed by atoms with Crippen LogP contribution in [0.4, 0.5) is 0 Å². The highest BCUT2D eigenvalue weighted by molar-refractivity contribution is 5.76. The lowest BCUT2D eigenvalue weighted by Gasteiger charge is -2.25. The van der Waals surface area contributed by atoms with Crippen molar-refractivity contribution < 1.29 is 4.79 Å². The minimum atomic E-state index is 0.161. The number of amides is 1. The van der Waals surface area contributed by atoms with Gasteiger partial charge in [0.2, 0.25) is 5.91 Å². The smallest absolute Gasteiger partial charge is 0.220 e. The normalized spacial score (nSPS) is 18.2. The van der Waals surface area contributed by atoms with Crippen molar-refractivity contribution in [3.05, 3.63) is 0 Å². The van der Waals surface area contributed by atoms with Crippen molar-refractivity contribution in [1.82, 2.24) is 5.32 Å². The van der Waals surface area contributed by atoms with Crippen molar-refractivity contribution in [1.29, 1.82) is 0 Å². The van der Waals surface area contributed by atoms with Gasteiger partial charge >= 0.3 is 0 Å². The molecule has 0 aromatic rings. The third kappa shape index (κ3) is 4.97. The van der Waals surface area contributed by atoms with Gasteiger partial charge in [0.25, 0.3) is 0 Å². The summed E-state index contributed by atoms with van der Waals surface area (Å²) in [5, 5.41) is 3.04. The van der Waals surface area contributed by atoms with Crippen molar-refractivity contribution in [2.24, 2.45) is 17.6 Å². The average molecular weight is 226 g/mol. The number of hydrogen-bond donors (Lipinski definition) is 2. The fourth-order valence-corrected chi connectivity index (χ4v) is 2.20. The molecular formula is C13H26N2O.